The van der Waals surface area contributed by atoms with Crippen LogP contribution in [0.15, 0.2) is 63.5 Å². The summed E-state index contributed by atoms with van der Waals surface area (Å²) in [5.41, 5.74) is 3.47. The lowest BCUT2D eigenvalue weighted by molar-refractivity contribution is 0.299. The van der Waals surface area contributed by atoms with Crippen molar-refractivity contribution in [3.05, 3.63) is 71.7 Å². The second-order valence-electron chi connectivity index (χ2n) is 7.28. The zero-order valence-corrected chi connectivity index (χ0v) is 18.1. The molecule has 7 nitrogen and oxygen atoms in total. The maximum atomic E-state index is 5.95. The Labute approximate surface area is 181 Å². The standard InChI is InChI=1S/C24H25N3O4/c1-16-20(25-24(30-16)19-11-8-12-21(28-3)23(19)29-4)15-27(2)14-18-13-22(31-26-18)17-9-6-5-7-10-17/h5-13H,14-15H2,1-4H3. The first kappa shape index (κ1) is 20.7. The predicted octanol–water partition coefficient (Wildman–Crippen LogP) is 4.95. The minimum atomic E-state index is 0.504. The van der Waals surface area contributed by atoms with Crippen LogP contribution in [-0.4, -0.2) is 36.3 Å². The fourth-order valence-corrected chi connectivity index (χ4v) is 3.46. The van der Waals surface area contributed by atoms with E-state index in [0.29, 0.717) is 30.5 Å². The Morgan fingerprint density at radius 1 is 0.968 bits per heavy atom. The highest BCUT2D eigenvalue weighted by Crippen LogP contribution is 2.38. The number of oxazole rings is 1. The van der Waals surface area contributed by atoms with E-state index in [2.05, 4.69) is 10.1 Å². The molecule has 7 heteroatoms. The first-order valence-corrected chi connectivity index (χ1v) is 9.96. The minimum Gasteiger partial charge on any atom is -0.493 e. The third-order valence-electron chi connectivity index (χ3n) is 4.99. The van der Waals surface area contributed by atoms with Crippen molar-refractivity contribution in [2.24, 2.45) is 0 Å². The molecule has 0 unspecified atom stereocenters. The van der Waals surface area contributed by atoms with Crippen LogP contribution in [0, 0.1) is 6.92 Å². The number of ether oxygens (including phenoxy) is 2. The van der Waals surface area contributed by atoms with Gasteiger partial charge in [-0.3, -0.25) is 4.90 Å². The third kappa shape index (κ3) is 4.46. The monoisotopic (exact) mass is 419 g/mol. The summed E-state index contributed by atoms with van der Waals surface area (Å²) < 4.78 is 22.3. The van der Waals surface area contributed by atoms with Crippen molar-refractivity contribution in [2.45, 2.75) is 20.0 Å². The van der Waals surface area contributed by atoms with Gasteiger partial charge in [0.1, 0.15) is 5.76 Å². The third-order valence-corrected chi connectivity index (χ3v) is 4.99. The quantitative estimate of drug-likeness (QED) is 0.400. The van der Waals surface area contributed by atoms with Crippen LogP contribution in [0.1, 0.15) is 17.1 Å². The molecule has 0 radical (unpaired) electrons. The van der Waals surface area contributed by atoms with Crippen molar-refractivity contribution < 1.29 is 18.4 Å². The number of nitrogens with zero attached hydrogens (tertiary/aromatic N) is 3. The van der Waals surface area contributed by atoms with E-state index in [-0.39, 0.29) is 0 Å². The van der Waals surface area contributed by atoms with Crippen LogP contribution in [0.4, 0.5) is 0 Å². The fourth-order valence-electron chi connectivity index (χ4n) is 3.46. The molecule has 2 aromatic heterocycles. The second-order valence-corrected chi connectivity index (χ2v) is 7.28. The number of rotatable bonds is 8. The van der Waals surface area contributed by atoms with Crippen LogP contribution in [-0.2, 0) is 13.1 Å². The lowest BCUT2D eigenvalue weighted by Crippen LogP contribution is -2.18. The van der Waals surface area contributed by atoms with Crippen molar-refractivity contribution in [1.29, 1.82) is 0 Å². The summed E-state index contributed by atoms with van der Waals surface area (Å²) in [6.45, 7) is 3.14. The van der Waals surface area contributed by atoms with Gasteiger partial charge in [-0.05, 0) is 26.1 Å². The Bertz CT molecular complexity index is 1150. The molecule has 0 spiro atoms. The lowest BCUT2D eigenvalue weighted by atomic mass is 10.1. The average molecular weight is 419 g/mol. The van der Waals surface area contributed by atoms with E-state index >= 15 is 0 Å². The molecule has 0 saturated carbocycles. The molecule has 0 aliphatic heterocycles. The van der Waals surface area contributed by atoms with Crippen LogP contribution < -0.4 is 9.47 Å². The van der Waals surface area contributed by atoms with Gasteiger partial charge in [-0.15, -0.1) is 0 Å². The molecule has 0 atom stereocenters. The van der Waals surface area contributed by atoms with E-state index in [1.54, 1.807) is 14.2 Å². The molecule has 0 aliphatic carbocycles. The first-order chi connectivity index (χ1) is 15.1. The average Bonchev–Trinajstić information content (AvgIpc) is 3.40. The van der Waals surface area contributed by atoms with Crippen molar-refractivity contribution in [3.8, 4) is 34.3 Å². The molecule has 0 aliphatic rings. The van der Waals surface area contributed by atoms with Crippen molar-refractivity contribution in [1.82, 2.24) is 15.0 Å². The van der Waals surface area contributed by atoms with Gasteiger partial charge in [-0.2, -0.15) is 0 Å². The van der Waals surface area contributed by atoms with Gasteiger partial charge in [0.25, 0.3) is 0 Å². The Morgan fingerprint density at radius 3 is 2.52 bits per heavy atom. The van der Waals surface area contributed by atoms with Crippen LogP contribution in [0.2, 0.25) is 0 Å². The maximum absolute atomic E-state index is 5.95. The molecule has 2 heterocycles. The summed E-state index contributed by atoms with van der Waals surface area (Å²) in [5, 5.41) is 4.20. The summed E-state index contributed by atoms with van der Waals surface area (Å²) in [4.78, 5) is 6.83. The first-order valence-electron chi connectivity index (χ1n) is 9.96. The molecule has 0 fully saturated rings. The van der Waals surface area contributed by atoms with Crippen molar-refractivity contribution in [2.75, 3.05) is 21.3 Å². The summed E-state index contributed by atoms with van der Waals surface area (Å²) in [5.74, 6) is 3.26. The maximum Gasteiger partial charge on any atom is 0.230 e. The van der Waals surface area contributed by atoms with E-state index in [1.165, 1.54) is 0 Å². The molecule has 0 bridgehead atoms. The number of para-hydroxylation sites is 1. The predicted molar refractivity (Wildman–Crippen MR) is 117 cm³/mol. The van der Waals surface area contributed by atoms with E-state index in [0.717, 1.165) is 34.0 Å². The van der Waals surface area contributed by atoms with Gasteiger partial charge in [-0.25, -0.2) is 4.98 Å². The minimum absolute atomic E-state index is 0.504. The molecule has 160 valence electrons. The molecular formula is C24H25N3O4. The Hall–Kier alpha value is -3.58. The van der Waals surface area contributed by atoms with E-state index < -0.39 is 0 Å². The number of hydrogen-bond acceptors (Lipinski definition) is 7. The Kier molecular flexibility index (Phi) is 6.04. The molecule has 0 amide bonds. The Morgan fingerprint density at radius 2 is 1.77 bits per heavy atom. The Balaban J connectivity index is 1.48. The highest BCUT2D eigenvalue weighted by Gasteiger charge is 2.19. The van der Waals surface area contributed by atoms with Crippen molar-refractivity contribution in [3.63, 3.8) is 0 Å². The fraction of sp³-hybridized carbons (Fsp3) is 0.250. The summed E-state index contributed by atoms with van der Waals surface area (Å²) >= 11 is 0. The van der Waals surface area contributed by atoms with Gasteiger partial charge in [0, 0.05) is 24.7 Å². The summed E-state index contributed by atoms with van der Waals surface area (Å²) in [7, 11) is 5.22. The number of benzene rings is 2. The van der Waals surface area contributed by atoms with E-state index in [1.807, 2.05) is 68.6 Å². The highest BCUT2D eigenvalue weighted by atomic mass is 16.5. The van der Waals surface area contributed by atoms with Crippen LogP contribution in [0.5, 0.6) is 11.5 Å². The zero-order chi connectivity index (χ0) is 21.8. The molecular weight excluding hydrogens is 394 g/mol. The van der Waals surface area contributed by atoms with Gasteiger partial charge >= 0.3 is 0 Å². The van der Waals surface area contributed by atoms with Gasteiger partial charge in [-0.1, -0.05) is 41.6 Å². The highest BCUT2D eigenvalue weighted by molar-refractivity contribution is 5.68. The summed E-state index contributed by atoms with van der Waals surface area (Å²) in [6, 6.07) is 17.5. The van der Waals surface area contributed by atoms with Crippen LogP contribution in [0.3, 0.4) is 0 Å². The molecule has 0 saturated heterocycles. The number of aromatic nitrogens is 2. The number of methoxy groups -OCH3 is 2. The molecule has 4 aromatic rings. The van der Waals surface area contributed by atoms with E-state index in [4.69, 9.17) is 23.4 Å². The van der Waals surface area contributed by atoms with E-state index in [9.17, 15) is 0 Å². The van der Waals surface area contributed by atoms with Crippen LogP contribution >= 0.6 is 0 Å². The summed E-state index contributed by atoms with van der Waals surface area (Å²) in [6.07, 6.45) is 0. The van der Waals surface area contributed by atoms with Gasteiger partial charge in [0.15, 0.2) is 17.3 Å². The number of aryl methyl sites for hydroxylation is 1. The van der Waals surface area contributed by atoms with Crippen molar-refractivity contribution >= 4 is 0 Å². The molecule has 31 heavy (non-hydrogen) atoms. The van der Waals surface area contributed by atoms with Gasteiger partial charge in [0.05, 0.1) is 31.2 Å². The zero-order valence-electron chi connectivity index (χ0n) is 18.1. The molecule has 0 N–H and O–H groups in total. The molecule has 4 rings (SSSR count). The lowest BCUT2D eigenvalue weighted by Gasteiger charge is -2.13. The second kappa shape index (κ2) is 9.06. The number of hydrogen-bond donors (Lipinski definition) is 0. The topological polar surface area (TPSA) is 73.8 Å². The van der Waals surface area contributed by atoms with Gasteiger partial charge in [0.2, 0.25) is 5.89 Å². The van der Waals surface area contributed by atoms with Gasteiger partial charge < -0.3 is 18.4 Å². The normalized spacial score (nSPS) is 11.1. The smallest absolute Gasteiger partial charge is 0.230 e. The SMILES string of the molecule is COc1cccc(-c2nc(CN(C)Cc3cc(-c4ccccc4)on3)c(C)o2)c1OC. The largest absolute Gasteiger partial charge is 0.493 e. The van der Waals surface area contributed by atoms with Crippen LogP contribution in [0.25, 0.3) is 22.8 Å². The molecule has 2 aromatic carbocycles.